The third-order valence-corrected chi connectivity index (χ3v) is 2.01. The molecule has 0 aromatic heterocycles. The minimum Gasteiger partial charge on any atom is -0.493 e. The summed E-state index contributed by atoms with van der Waals surface area (Å²) in [7, 11) is -0.209. The third kappa shape index (κ3) is 3.81. The van der Waals surface area contributed by atoms with Crippen LogP contribution in [0.15, 0.2) is 18.2 Å². The summed E-state index contributed by atoms with van der Waals surface area (Å²) in [6.45, 7) is 1.00. The van der Waals surface area contributed by atoms with Crippen molar-refractivity contribution in [1.82, 2.24) is 0 Å². The Hall–Kier alpha value is -1.11. The van der Waals surface area contributed by atoms with Gasteiger partial charge in [0.2, 0.25) is 0 Å². The largest absolute Gasteiger partial charge is 0.493 e. The van der Waals surface area contributed by atoms with Crippen molar-refractivity contribution in [2.75, 3.05) is 20.3 Å². The Morgan fingerprint density at radius 1 is 1.31 bits per heavy atom. The Morgan fingerprint density at radius 2 is 2.06 bits per heavy atom. The van der Waals surface area contributed by atoms with Crippen molar-refractivity contribution in [3.8, 4) is 5.75 Å². The summed E-state index contributed by atoms with van der Waals surface area (Å²) in [5.74, 6) is -0.336. The molecule has 0 aliphatic heterocycles. The van der Waals surface area contributed by atoms with Gasteiger partial charge in [-0.2, -0.15) is 0 Å². The number of halogens is 1. The molecule has 0 aliphatic rings. The first kappa shape index (κ1) is 13.0. The van der Waals surface area contributed by atoms with Crippen molar-refractivity contribution in [3.05, 3.63) is 24.0 Å². The lowest BCUT2D eigenvalue weighted by Gasteiger charge is -2.07. The summed E-state index contributed by atoms with van der Waals surface area (Å²) >= 11 is 0. The van der Waals surface area contributed by atoms with Gasteiger partial charge in [0.1, 0.15) is 11.6 Å². The molecule has 0 radical (unpaired) electrons. The van der Waals surface area contributed by atoms with Crippen LogP contribution in [0.3, 0.4) is 0 Å². The van der Waals surface area contributed by atoms with E-state index < -0.39 is 12.9 Å². The van der Waals surface area contributed by atoms with E-state index in [0.29, 0.717) is 25.4 Å². The van der Waals surface area contributed by atoms with E-state index in [1.54, 1.807) is 7.11 Å². The predicted molar refractivity (Wildman–Crippen MR) is 58.2 cm³/mol. The van der Waals surface area contributed by atoms with Gasteiger partial charge in [-0.3, -0.25) is 0 Å². The Balaban J connectivity index is 2.53. The number of methoxy groups -OCH3 is 1. The van der Waals surface area contributed by atoms with Gasteiger partial charge in [0.25, 0.3) is 0 Å². The first-order valence-electron chi connectivity index (χ1n) is 4.92. The molecule has 0 saturated carbocycles. The fraction of sp³-hybridized carbons (Fsp3) is 0.400. The lowest BCUT2D eigenvalue weighted by atomic mass is 9.80. The van der Waals surface area contributed by atoms with Gasteiger partial charge >= 0.3 is 7.12 Å². The van der Waals surface area contributed by atoms with Crippen molar-refractivity contribution < 1.29 is 23.9 Å². The van der Waals surface area contributed by atoms with Crippen LogP contribution in [0, 0.1) is 5.82 Å². The van der Waals surface area contributed by atoms with Crippen LogP contribution in [0.4, 0.5) is 4.39 Å². The normalized spacial score (nSPS) is 10.2. The highest BCUT2D eigenvalue weighted by molar-refractivity contribution is 6.58. The van der Waals surface area contributed by atoms with Gasteiger partial charge in [0.15, 0.2) is 0 Å². The highest BCUT2D eigenvalue weighted by Gasteiger charge is 2.16. The minimum absolute atomic E-state index is 0.163. The molecule has 0 atom stereocenters. The van der Waals surface area contributed by atoms with E-state index in [2.05, 4.69) is 0 Å². The number of benzene rings is 1. The zero-order valence-electron chi connectivity index (χ0n) is 9.02. The number of ether oxygens (including phenoxy) is 2. The number of hydrogen-bond acceptors (Lipinski definition) is 4. The van der Waals surface area contributed by atoms with Crippen molar-refractivity contribution in [2.45, 2.75) is 6.42 Å². The van der Waals surface area contributed by atoms with E-state index in [4.69, 9.17) is 19.5 Å². The van der Waals surface area contributed by atoms with E-state index in [-0.39, 0.29) is 5.46 Å². The molecule has 0 saturated heterocycles. The van der Waals surface area contributed by atoms with Gasteiger partial charge in [0, 0.05) is 31.7 Å². The Morgan fingerprint density at radius 3 is 2.62 bits per heavy atom. The van der Waals surface area contributed by atoms with Crippen LogP contribution in [0.25, 0.3) is 0 Å². The maximum Gasteiger partial charge on any atom is 0.491 e. The highest BCUT2D eigenvalue weighted by atomic mass is 19.1. The zero-order chi connectivity index (χ0) is 12.0. The van der Waals surface area contributed by atoms with Gasteiger partial charge in [-0.15, -0.1) is 0 Å². The molecule has 0 spiro atoms. The van der Waals surface area contributed by atoms with Gasteiger partial charge in [-0.05, 0) is 6.07 Å². The van der Waals surface area contributed by atoms with Crippen LogP contribution in [0.5, 0.6) is 5.75 Å². The highest BCUT2D eigenvalue weighted by Crippen LogP contribution is 2.11. The average molecular weight is 228 g/mol. The van der Waals surface area contributed by atoms with E-state index in [0.717, 1.165) is 6.07 Å². The fourth-order valence-corrected chi connectivity index (χ4v) is 1.20. The van der Waals surface area contributed by atoms with E-state index in [1.165, 1.54) is 12.1 Å². The maximum absolute atomic E-state index is 13.3. The molecular weight excluding hydrogens is 214 g/mol. The fourth-order valence-electron chi connectivity index (χ4n) is 1.20. The molecule has 88 valence electrons. The standard InChI is InChI=1S/C10H14BFO4/c1-15-5-2-6-16-8-3-4-9(11(13)14)10(12)7-8/h3-4,7,13-14H,2,5-6H2,1H3. The molecule has 0 unspecified atom stereocenters. The Bertz CT molecular complexity index is 333. The molecule has 1 aromatic rings. The van der Waals surface area contributed by atoms with Crippen molar-refractivity contribution in [1.29, 1.82) is 0 Å². The summed E-state index contributed by atoms with van der Waals surface area (Å²) in [4.78, 5) is 0. The number of hydrogen-bond donors (Lipinski definition) is 2. The first-order chi connectivity index (χ1) is 7.65. The molecule has 1 rings (SSSR count). The zero-order valence-corrected chi connectivity index (χ0v) is 9.02. The molecule has 0 fully saturated rings. The van der Waals surface area contributed by atoms with Gasteiger partial charge in [-0.1, -0.05) is 6.07 Å². The molecule has 1 aromatic carbocycles. The first-order valence-corrected chi connectivity index (χ1v) is 4.92. The van der Waals surface area contributed by atoms with Gasteiger partial charge in [-0.25, -0.2) is 4.39 Å². The maximum atomic E-state index is 13.3. The molecular formula is C10H14BFO4. The smallest absolute Gasteiger partial charge is 0.491 e. The van der Waals surface area contributed by atoms with E-state index >= 15 is 0 Å². The number of rotatable bonds is 6. The molecule has 16 heavy (non-hydrogen) atoms. The second-order valence-electron chi connectivity index (χ2n) is 3.25. The van der Waals surface area contributed by atoms with Gasteiger partial charge in [0.05, 0.1) is 6.61 Å². The summed E-state index contributed by atoms with van der Waals surface area (Å²) < 4.78 is 23.3. The summed E-state index contributed by atoms with van der Waals surface area (Å²) in [6.07, 6.45) is 0.711. The lowest BCUT2D eigenvalue weighted by molar-refractivity contribution is 0.172. The minimum atomic E-state index is -1.80. The molecule has 6 heteroatoms. The summed E-state index contributed by atoms with van der Waals surface area (Å²) in [6, 6.07) is 3.90. The quantitative estimate of drug-likeness (QED) is 0.528. The van der Waals surface area contributed by atoms with Crippen molar-refractivity contribution >= 4 is 12.6 Å². The molecule has 2 N–H and O–H groups in total. The lowest BCUT2D eigenvalue weighted by Crippen LogP contribution is -2.32. The summed E-state index contributed by atoms with van der Waals surface area (Å²) in [5.41, 5.74) is -0.163. The Kier molecular flexibility index (Phi) is 5.24. The van der Waals surface area contributed by atoms with Crippen LogP contribution in [-0.4, -0.2) is 37.5 Å². The topological polar surface area (TPSA) is 58.9 Å². The van der Waals surface area contributed by atoms with Crippen LogP contribution in [0.2, 0.25) is 0 Å². The average Bonchev–Trinajstić information content (AvgIpc) is 2.24. The third-order valence-electron chi connectivity index (χ3n) is 2.01. The predicted octanol–water partition coefficient (Wildman–Crippen LogP) is -0.0792. The van der Waals surface area contributed by atoms with E-state index in [1.807, 2.05) is 0 Å². The summed E-state index contributed by atoms with van der Waals surface area (Å²) in [5, 5.41) is 17.6. The Labute approximate surface area is 93.8 Å². The van der Waals surface area contributed by atoms with Crippen LogP contribution in [-0.2, 0) is 4.74 Å². The van der Waals surface area contributed by atoms with E-state index in [9.17, 15) is 4.39 Å². The van der Waals surface area contributed by atoms with Crippen molar-refractivity contribution in [2.24, 2.45) is 0 Å². The monoisotopic (exact) mass is 228 g/mol. The molecule has 0 bridgehead atoms. The van der Waals surface area contributed by atoms with Crippen LogP contribution < -0.4 is 10.2 Å². The second kappa shape index (κ2) is 6.47. The van der Waals surface area contributed by atoms with Crippen LogP contribution >= 0.6 is 0 Å². The molecule has 4 nitrogen and oxygen atoms in total. The van der Waals surface area contributed by atoms with Crippen LogP contribution in [0.1, 0.15) is 6.42 Å². The second-order valence-corrected chi connectivity index (χ2v) is 3.25. The van der Waals surface area contributed by atoms with Crippen molar-refractivity contribution in [3.63, 3.8) is 0 Å². The molecule has 0 heterocycles. The molecule has 0 aliphatic carbocycles. The van der Waals surface area contributed by atoms with Gasteiger partial charge < -0.3 is 19.5 Å². The SMILES string of the molecule is COCCCOc1ccc(B(O)O)c(F)c1. The molecule has 0 amide bonds.